The van der Waals surface area contributed by atoms with Gasteiger partial charge >= 0.3 is 0 Å². The van der Waals surface area contributed by atoms with E-state index >= 15 is 0 Å². The first-order chi connectivity index (χ1) is 11.3. The number of halogens is 4. The molecule has 6 N–H and O–H groups in total. The molecule has 10 heteroatoms. The Kier molecular flexibility index (Phi) is 7.94. The number of nitrogens with two attached hydrogens (primary N) is 2. The van der Waals surface area contributed by atoms with Crippen molar-refractivity contribution in [2.45, 2.75) is 0 Å². The third kappa shape index (κ3) is 5.65. The van der Waals surface area contributed by atoms with Crippen LogP contribution >= 0.6 is 46.4 Å². The van der Waals surface area contributed by atoms with Gasteiger partial charge in [0.1, 0.15) is 0 Å². The number of imidazole rings is 1. The molecular formula is C14H12Cl4N4O2. The van der Waals surface area contributed by atoms with Crippen molar-refractivity contribution < 1.29 is 9.90 Å². The zero-order chi connectivity index (χ0) is 18.3. The summed E-state index contributed by atoms with van der Waals surface area (Å²) in [5, 5.41) is 8.82. The number of hydrogen-bond acceptors (Lipinski definition) is 4. The molecule has 0 aliphatic heterocycles. The molecule has 0 unspecified atom stereocenters. The van der Waals surface area contributed by atoms with Gasteiger partial charge in [0.2, 0.25) is 0 Å². The van der Waals surface area contributed by atoms with E-state index in [1.807, 2.05) is 0 Å². The molecule has 0 saturated heterocycles. The highest BCUT2D eigenvalue weighted by Crippen LogP contribution is 2.28. The largest absolute Gasteiger partial charge is 0.483 e. The Morgan fingerprint density at radius 3 is 1.83 bits per heavy atom. The number of H-pyrrole nitrogens is 1. The van der Waals surface area contributed by atoms with Crippen molar-refractivity contribution in [1.82, 2.24) is 9.97 Å². The van der Waals surface area contributed by atoms with E-state index in [4.69, 9.17) is 67.8 Å². The van der Waals surface area contributed by atoms with Crippen molar-refractivity contribution >= 4 is 75.3 Å². The highest BCUT2D eigenvalue weighted by molar-refractivity contribution is 6.43. The van der Waals surface area contributed by atoms with Gasteiger partial charge < -0.3 is 21.6 Å². The molecule has 0 amide bonds. The molecule has 1 heterocycles. The summed E-state index contributed by atoms with van der Waals surface area (Å²) >= 11 is 22.8. The molecule has 0 fully saturated rings. The number of benzene rings is 2. The maximum atomic E-state index is 8.36. The van der Waals surface area contributed by atoms with Crippen LogP contribution in [0.4, 0.5) is 11.4 Å². The fourth-order valence-electron chi connectivity index (χ4n) is 1.51. The summed E-state index contributed by atoms with van der Waals surface area (Å²) in [7, 11) is 0. The highest BCUT2D eigenvalue weighted by Gasteiger charge is 2.01. The predicted octanol–water partition coefficient (Wildman–Crippen LogP) is 4.73. The third-order valence-corrected chi connectivity index (χ3v) is 4.03. The highest BCUT2D eigenvalue weighted by atomic mass is 35.5. The van der Waals surface area contributed by atoms with E-state index in [-0.39, 0.29) is 6.47 Å². The predicted molar refractivity (Wildman–Crippen MR) is 100 cm³/mol. The molecule has 128 valence electrons. The monoisotopic (exact) mass is 408 g/mol. The van der Waals surface area contributed by atoms with Crippen LogP contribution in [0.5, 0.6) is 0 Å². The van der Waals surface area contributed by atoms with Crippen molar-refractivity contribution in [2.24, 2.45) is 0 Å². The van der Waals surface area contributed by atoms with E-state index in [1.54, 1.807) is 18.5 Å². The van der Waals surface area contributed by atoms with Crippen molar-refractivity contribution in [3.05, 3.63) is 50.7 Å². The summed E-state index contributed by atoms with van der Waals surface area (Å²) in [6.07, 6.45) is 1.61. The third-order valence-electron chi connectivity index (χ3n) is 2.59. The Balaban J connectivity index is 0.000000208. The number of aromatic amines is 1. The zero-order valence-corrected chi connectivity index (χ0v) is 15.0. The molecule has 3 aromatic rings. The van der Waals surface area contributed by atoms with Crippen LogP contribution in [0.15, 0.2) is 30.6 Å². The Hall–Kier alpha value is -1.86. The van der Waals surface area contributed by atoms with E-state index in [2.05, 4.69) is 9.97 Å². The number of carbonyl (C=O) groups is 1. The summed E-state index contributed by atoms with van der Waals surface area (Å²) < 4.78 is 0. The minimum atomic E-state index is -0.250. The average Bonchev–Trinajstić information content (AvgIpc) is 2.94. The number of rotatable bonds is 0. The van der Waals surface area contributed by atoms with E-state index in [9.17, 15) is 0 Å². The van der Waals surface area contributed by atoms with Gasteiger partial charge in [-0.3, -0.25) is 4.79 Å². The molecule has 2 aromatic carbocycles. The normalized spacial score (nSPS) is 9.50. The molecule has 3 rings (SSSR count). The number of nitrogens with one attached hydrogen (secondary N) is 1. The number of hydrogen-bond donors (Lipinski definition) is 4. The molecule has 0 radical (unpaired) electrons. The number of nitrogens with zero attached hydrogens (tertiary/aromatic N) is 1. The second-order valence-electron chi connectivity index (χ2n) is 4.19. The van der Waals surface area contributed by atoms with Gasteiger partial charge in [-0.2, -0.15) is 0 Å². The van der Waals surface area contributed by atoms with Gasteiger partial charge in [-0.1, -0.05) is 46.4 Å². The molecule has 6 nitrogen and oxygen atoms in total. The van der Waals surface area contributed by atoms with Crippen LogP contribution in [0.1, 0.15) is 0 Å². The lowest BCUT2D eigenvalue weighted by Gasteiger charge is -2.00. The van der Waals surface area contributed by atoms with Gasteiger partial charge in [-0.05, 0) is 24.3 Å². The number of fused-ring (bicyclic) bond motifs is 1. The van der Waals surface area contributed by atoms with Crippen molar-refractivity contribution in [3.8, 4) is 0 Å². The minimum Gasteiger partial charge on any atom is -0.483 e. The molecule has 0 saturated carbocycles. The lowest BCUT2D eigenvalue weighted by atomic mass is 10.3. The molecule has 0 atom stereocenters. The van der Waals surface area contributed by atoms with Gasteiger partial charge in [-0.25, -0.2) is 4.98 Å². The van der Waals surface area contributed by atoms with Gasteiger partial charge in [-0.15, -0.1) is 0 Å². The molecule has 24 heavy (non-hydrogen) atoms. The van der Waals surface area contributed by atoms with Crippen LogP contribution in [0.3, 0.4) is 0 Å². The van der Waals surface area contributed by atoms with Crippen LogP contribution in [-0.4, -0.2) is 21.5 Å². The summed E-state index contributed by atoms with van der Waals surface area (Å²) in [6, 6.07) is 6.54. The van der Waals surface area contributed by atoms with Crippen LogP contribution in [-0.2, 0) is 4.79 Å². The maximum Gasteiger partial charge on any atom is 0.290 e. The SMILES string of the molecule is Clc1cc2nc[nH]c2cc1Cl.Nc1cc(Cl)c(Cl)cc1N.O=CO. The summed E-state index contributed by atoms with van der Waals surface area (Å²) in [4.78, 5) is 15.3. The summed E-state index contributed by atoms with van der Waals surface area (Å²) in [5.41, 5.74) is 13.5. The number of anilines is 2. The first-order valence-electron chi connectivity index (χ1n) is 6.16. The molecular weight excluding hydrogens is 398 g/mol. The fraction of sp³-hybridized carbons (Fsp3) is 0. The van der Waals surface area contributed by atoms with Gasteiger partial charge in [0.05, 0.1) is 48.8 Å². The number of nitrogen functional groups attached to an aromatic ring is 2. The Morgan fingerprint density at radius 2 is 1.33 bits per heavy atom. The number of carboxylic acid groups (broad SMARTS) is 1. The Labute approximate surface area is 157 Å². The molecule has 1 aromatic heterocycles. The van der Waals surface area contributed by atoms with Crippen molar-refractivity contribution in [3.63, 3.8) is 0 Å². The smallest absolute Gasteiger partial charge is 0.290 e. The summed E-state index contributed by atoms with van der Waals surface area (Å²) in [5.74, 6) is 0. The van der Waals surface area contributed by atoms with Crippen molar-refractivity contribution in [2.75, 3.05) is 11.5 Å². The lowest BCUT2D eigenvalue weighted by molar-refractivity contribution is -0.122. The van der Waals surface area contributed by atoms with Gasteiger partial charge in [0.25, 0.3) is 6.47 Å². The van der Waals surface area contributed by atoms with Crippen LogP contribution < -0.4 is 11.5 Å². The molecule has 0 aliphatic rings. The second-order valence-corrected chi connectivity index (χ2v) is 5.82. The van der Waals surface area contributed by atoms with E-state index in [1.165, 1.54) is 12.1 Å². The molecule has 0 aliphatic carbocycles. The minimum absolute atomic E-state index is 0.250. The standard InChI is InChI=1S/C7H4Cl2N2.C6H6Cl2N2.CH2O2/c8-4-1-6-7(2-5(4)9)11-3-10-6;7-3-1-5(9)6(10)2-4(3)8;2-1-3/h1-3H,(H,10,11);1-2H,9-10H2;1H,(H,2,3). The van der Waals surface area contributed by atoms with E-state index in [0.29, 0.717) is 31.5 Å². The van der Waals surface area contributed by atoms with Gasteiger partial charge in [0.15, 0.2) is 0 Å². The quantitative estimate of drug-likeness (QED) is 0.316. The average molecular weight is 410 g/mol. The Morgan fingerprint density at radius 1 is 0.917 bits per heavy atom. The van der Waals surface area contributed by atoms with Crippen LogP contribution in [0, 0.1) is 0 Å². The zero-order valence-electron chi connectivity index (χ0n) is 11.9. The molecule has 0 bridgehead atoms. The van der Waals surface area contributed by atoms with E-state index in [0.717, 1.165) is 11.0 Å². The van der Waals surface area contributed by atoms with Crippen LogP contribution in [0.2, 0.25) is 20.1 Å². The fourth-order valence-corrected chi connectivity index (χ4v) is 2.17. The molecule has 0 spiro atoms. The lowest BCUT2D eigenvalue weighted by Crippen LogP contribution is -1.93. The Bertz CT molecular complexity index is 753. The van der Waals surface area contributed by atoms with Crippen molar-refractivity contribution in [1.29, 1.82) is 0 Å². The van der Waals surface area contributed by atoms with Gasteiger partial charge in [0, 0.05) is 0 Å². The maximum absolute atomic E-state index is 8.36. The second kappa shape index (κ2) is 9.44. The first-order valence-corrected chi connectivity index (χ1v) is 7.67. The topological polar surface area (TPSA) is 118 Å². The van der Waals surface area contributed by atoms with E-state index < -0.39 is 0 Å². The summed E-state index contributed by atoms with van der Waals surface area (Å²) in [6.45, 7) is -0.250. The van der Waals surface area contributed by atoms with Crippen LogP contribution in [0.25, 0.3) is 11.0 Å². The number of aromatic nitrogens is 2. The first kappa shape index (κ1) is 20.2.